The van der Waals surface area contributed by atoms with E-state index in [1.165, 1.54) is 0 Å². The first-order chi connectivity index (χ1) is 7.76. The van der Waals surface area contributed by atoms with E-state index in [1.54, 1.807) is 0 Å². The lowest BCUT2D eigenvalue weighted by atomic mass is 9.98. The van der Waals surface area contributed by atoms with Crippen LogP contribution in [0, 0.1) is 0 Å². The maximum absolute atomic E-state index is 11.9. The monoisotopic (exact) mass is 216 g/mol. The Balaban J connectivity index is 2.52. The van der Waals surface area contributed by atoms with Crippen LogP contribution in [-0.4, -0.2) is 17.3 Å². The van der Waals surface area contributed by atoms with Crippen LogP contribution in [0.2, 0.25) is 0 Å². The largest absolute Gasteiger partial charge is 0.361 e. The molecule has 1 aromatic heterocycles. The summed E-state index contributed by atoms with van der Waals surface area (Å²) < 4.78 is 0. The van der Waals surface area contributed by atoms with Gasteiger partial charge in [0.15, 0.2) is 5.78 Å². The number of aryl methyl sites for hydroxylation is 1. The number of benzene rings is 1. The SMILES string of the molecule is CCc1cc2[nH]ccc2cc1C(=O)CCN. The van der Waals surface area contributed by atoms with E-state index in [9.17, 15) is 4.79 Å². The van der Waals surface area contributed by atoms with Crippen molar-refractivity contribution in [1.29, 1.82) is 0 Å². The average Bonchev–Trinajstić information content (AvgIpc) is 2.74. The summed E-state index contributed by atoms with van der Waals surface area (Å²) in [6, 6.07) is 6.00. The normalized spacial score (nSPS) is 10.9. The minimum Gasteiger partial charge on any atom is -0.361 e. The van der Waals surface area contributed by atoms with Gasteiger partial charge in [-0.15, -0.1) is 0 Å². The summed E-state index contributed by atoms with van der Waals surface area (Å²) in [7, 11) is 0. The third-order valence-electron chi connectivity index (χ3n) is 2.83. The molecule has 3 nitrogen and oxygen atoms in total. The minimum absolute atomic E-state index is 0.141. The van der Waals surface area contributed by atoms with Crippen molar-refractivity contribution in [3.63, 3.8) is 0 Å². The molecule has 0 aliphatic carbocycles. The highest BCUT2D eigenvalue weighted by Gasteiger charge is 2.11. The molecule has 16 heavy (non-hydrogen) atoms. The van der Waals surface area contributed by atoms with E-state index in [4.69, 9.17) is 5.73 Å². The molecule has 1 heterocycles. The molecule has 0 unspecified atom stereocenters. The topological polar surface area (TPSA) is 58.9 Å². The Morgan fingerprint density at radius 2 is 2.25 bits per heavy atom. The standard InChI is InChI=1S/C13H16N2O/c1-2-9-8-12-10(4-6-15-12)7-11(9)13(16)3-5-14/h4,6-8,15H,2-3,5,14H2,1H3. The highest BCUT2D eigenvalue weighted by Crippen LogP contribution is 2.20. The summed E-state index contributed by atoms with van der Waals surface area (Å²) in [5, 5.41) is 1.08. The molecule has 0 amide bonds. The smallest absolute Gasteiger partial charge is 0.164 e. The number of Topliss-reactive ketones (excluding diaryl/α,β-unsaturated/α-hetero) is 1. The molecule has 0 aliphatic rings. The van der Waals surface area contributed by atoms with E-state index >= 15 is 0 Å². The maximum atomic E-state index is 11.9. The van der Waals surface area contributed by atoms with Crippen molar-refractivity contribution in [2.24, 2.45) is 5.73 Å². The molecule has 2 rings (SSSR count). The molecule has 0 saturated carbocycles. The van der Waals surface area contributed by atoms with Gasteiger partial charge in [-0.2, -0.15) is 0 Å². The van der Waals surface area contributed by atoms with Gasteiger partial charge in [0, 0.05) is 29.1 Å². The summed E-state index contributed by atoms with van der Waals surface area (Å²) in [5.41, 5.74) is 8.42. The molecule has 3 heteroatoms. The molecular weight excluding hydrogens is 200 g/mol. The number of carbonyl (C=O) groups is 1. The Morgan fingerprint density at radius 1 is 1.44 bits per heavy atom. The zero-order valence-electron chi connectivity index (χ0n) is 9.42. The summed E-state index contributed by atoms with van der Waals surface area (Å²) in [4.78, 5) is 15.1. The van der Waals surface area contributed by atoms with Gasteiger partial charge in [-0.25, -0.2) is 0 Å². The van der Waals surface area contributed by atoms with Crippen LogP contribution >= 0.6 is 0 Å². The molecule has 0 atom stereocenters. The van der Waals surface area contributed by atoms with Crippen molar-refractivity contribution in [3.8, 4) is 0 Å². The number of aromatic nitrogens is 1. The third kappa shape index (κ3) is 1.86. The fourth-order valence-electron chi connectivity index (χ4n) is 1.96. The Bertz CT molecular complexity index is 514. The second-order valence-electron chi connectivity index (χ2n) is 3.89. The van der Waals surface area contributed by atoms with E-state index in [2.05, 4.69) is 18.0 Å². The Labute approximate surface area is 94.6 Å². The lowest BCUT2D eigenvalue weighted by Crippen LogP contribution is -2.10. The molecule has 1 aromatic carbocycles. The molecule has 0 fully saturated rings. The molecule has 2 aromatic rings. The molecule has 84 valence electrons. The van der Waals surface area contributed by atoms with Crippen LogP contribution in [0.5, 0.6) is 0 Å². The molecule has 0 aliphatic heterocycles. The second-order valence-corrected chi connectivity index (χ2v) is 3.89. The zero-order chi connectivity index (χ0) is 11.5. The molecule has 0 bridgehead atoms. The summed E-state index contributed by atoms with van der Waals surface area (Å²) in [5.74, 6) is 0.141. The predicted octanol–water partition coefficient (Wildman–Crippen LogP) is 2.26. The van der Waals surface area contributed by atoms with Gasteiger partial charge in [0.25, 0.3) is 0 Å². The van der Waals surface area contributed by atoms with E-state index in [-0.39, 0.29) is 5.78 Å². The zero-order valence-corrected chi connectivity index (χ0v) is 9.42. The third-order valence-corrected chi connectivity index (χ3v) is 2.83. The van der Waals surface area contributed by atoms with Crippen molar-refractivity contribution >= 4 is 16.7 Å². The molecule has 0 saturated heterocycles. The Hall–Kier alpha value is -1.61. The minimum atomic E-state index is 0.141. The van der Waals surface area contributed by atoms with Crippen LogP contribution in [0.15, 0.2) is 24.4 Å². The van der Waals surface area contributed by atoms with E-state index in [1.807, 2.05) is 18.3 Å². The number of nitrogens with one attached hydrogen (secondary N) is 1. The summed E-state index contributed by atoms with van der Waals surface area (Å²) in [6.07, 6.45) is 3.17. The highest BCUT2D eigenvalue weighted by molar-refractivity contribution is 6.01. The van der Waals surface area contributed by atoms with Crippen LogP contribution < -0.4 is 5.73 Å². The van der Waals surface area contributed by atoms with Crippen LogP contribution in [0.1, 0.15) is 29.3 Å². The molecule has 0 radical (unpaired) electrons. The average molecular weight is 216 g/mol. The fourth-order valence-corrected chi connectivity index (χ4v) is 1.96. The first-order valence-corrected chi connectivity index (χ1v) is 5.59. The van der Waals surface area contributed by atoms with E-state index in [0.717, 1.165) is 28.5 Å². The fraction of sp³-hybridized carbons (Fsp3) is 0.308. The number of ketones is 1. The molecule has 3 N–H and O–H groups in total. The van der Waals surface area contributed by atoms with Crippen LogP contribution in [0.3, 0.4) is 0 Å². The van der Waals surface area contributed by atoms with Crippen LogP contribution in [0.25, 0.3) is 10.9 Å². The number of nitrogens with two attached hydrogens (primary N) is 1. The number of hydrogen-bond acceptors (Lipinski definition) is 2. The number of fused-ring (bicyclic) bond motifs is 1. The van der Waals surface area contributed by atoms with E-state index in [0.29, 0.717) is 13.0 Å². The van der Waals surface area contributed by atoms with Gasteiger partial charge in [-0.1, -0.05) is 6.92 Å². The summed E-state index contributed by atoms with van der Waals surface area (Å²) >= 11 is 0. The van der Waals surface area contributed by atoms with Crippen molar-refractivity contribution in [3.05, 3.63) is 35.5 Å². The van der Waals surface area contributed by atoms with Crippen molar-refractivity contribution in [2.45, 2.75) is 19.8 Å². The van der Waals surface area contributed by atoms with Gasteiger partial charge in [-0.3, -0.25) is 4.79 Å². The maximum Gasteiger partial charge on any atom is 0.164 e. The molecule has 0 spiro atoms. The number of rotatable bonds is 4. The van der Waals surface area contributed by atoms with Crippen molar-refractivity contribution in [2.75, 3.05) is 6.54 Å². The van der Waals surface area contributed by atoms with Gasteiger partial charge in [0.1, 0.15) is 0 Å². The number of aromatic amines is 1. The van der Waals surface area contributed by atoms with Gasteiger partial charge < -0.3 is 10.7 Å². The van der Waals surface area contributed by atoms with Gasteiger partial charge in [0.05, 0.1) is 0 Å². The second kappa shape index (κ2) is 4.49. The van der Waals surface area contributed by atoms with E-state index < -0.39 is 0 Å². The van der Waals surface area contributed by atoms with Crippen molar-refractivity contribution in [1.82, 2.24) is 4.98 Å². The Kier molecular flexibility index (Phi) is 3.06. The first-order valence-electron chi connectivity index (χ1n) is 5.59. The van der Waals surface area contributed by atoms with Gasteiger partial charge >= 0.3 is 0 Å². The first kappa shape index (κ1) is 10.9. The molecular formula is C13H16N2O. The van der Waals surface area contributed by atoms with Crippen molar-refractivity contribution < 1.29 is 4.79 Å². The number of carbonyl (C=O) groups excluding carboxylic acids is 1. The van der Waals surface area contributed by atoms with Gasteiger partial charge in [0.2, 0.25) is 0 Å². The predicted molar refractivity (Wildman–Crippen MR) is 65.7 cm³/mol. The van der Waals surface area contributed by atoms with Crippen LogP contribution in [0.4, 0.5) is 0 Å². The van der Waals surface area contributed by atoms with Crippen LogP contribution in [-0.2, 0) is 6.42 Å². The number of H-pyrrole nitrogens is 1. The lowest BCUT2D eigenvalue weighted by molar-refractivity contribution is 0.0984. The Morgan fingerprint density at radius 3 is 2.94 bits per heavy atom. The quantitative estimate of drug-likeness (QED) is 0.770. The van der Waals surface area contributed by atoms with Gasteiger partial charge in [-0.05, 0) is 36.7 Å². The number of hydrogen-bond donors (Lipinski definition) is 2. The lowest BCUT2D eigenvalue weighted by Gasteiger charge is -2.06. The highest BCUT2D eigenvalue weighted by atomic mass is 16.1. The summed E-state index contributed by atoms with van der Waals surface area (Å²) in [6.45, 7) is 2.47.